The molecule has 0 unspecified atom stereocenters. The summed E-state index contributed by atoms with van der Waals surface area (Å²) >= 11 is 6.18. The molecule has 3 rings (SSSR count). The lowest BCUT2D eigenvalue weighted by atomic mass is 10.2. The molecule has 6 heteroatoms. The summed E-state index contributed by atoms with van der Waals surface area (Å²) in [6.07, 6.45) is 0. The van der Waals surface area contributed by atoms with Crippen molar-refractivity contribution in [3.8, 4) is 5.75 Å². The summed E-state index contributed by atoms with van der Waals surface area (Å²) in [5.41, 5.74) is 1.89. The van der Waals surface area contributed by atoms with Crippen molar-refractivity contribution in [2.24, 2.45) is 0 Å². The third kappa shape index (κ3) is 4.65. The van der Waals surface area contributed by atoms with Crippen LogP contribution in [0.5, 0.6) is 5.75 Å². The molecule has 0 atom stereocenters. The van der Waals surface area contributed by atoms with E-state index in [2.05, 4.69) is 34.5 Å². The molecule has 0 saturated carbocycles. The fraction of sp³-hybridized carbons (Fsp3) is 0.316. The minimum absolute atomic E-state index is 0.119. The normalized spacial score (nSPS) is 15.0. The van der Waals surface area contributed by atoms with Crippen molar-refractivity contribution in [1.82, 2.24) is 9.80 Å². The summed E-state index contributed by atoms with van der Waals surface area (Å²) in [7, 11) is 1.58. The molecule has 1 aliphatic heterocycles. The molecular formula is C19H22ClN3O2. The largest absolute Gasteiger partial charge is 0.497 e. The van der Waals surface area contributed by atoms with Gasteiger partial charge in [-0.1, -0.05) is 41.9 Å². The number of nitrogens with zero attached hydrogens (tertiary/aromatic N) is 2. The molecule has 5 nitrogen and oxygen atoms in total. The molecule has 2 aromatic rings. The molecule has 1 aliphatic rings. The Morgan fingerprint density at radius 3 is 2.48 bits per heavy atom. The van der Waals surface area contributed by atoms with Crippen molar-refractivity contribution < 1.29 is 9.53 Å². The van der Waals surface area contributed by atoms with Gasteiger partial charge in [-0.3, -0.25) is 4.90 Å². The highest BCUT2D eigenvalue weighted by molar-refractivity contribution is 6.33. The van der Waals surface area contributed by atoms with E-state index in [0.717, 1.165) is 19.6 Å². The molecule has 0 aliphatic carbocycles. The number of hydrogen-bond acceptors (Lipinski definition) is 3. The number of amides is 2. The smallest absolute Gasteiger partial charge is 0.321 e. The van der Waals surface area contributed by atoms with Crippen LogP contribution in [0.2, 0.25) is 5.02 Å². The Balaban J connectivity index is 1.51. The topological polar surface area (TPSA) is 44.8 Å². The van der Waals surface area contributed by atoms with Crippen LogP contribution in [0.4, 0.5) is 10.5 Å². The van der Waals surface area contributed by atoms with Gasteiger partial charge in [0, 0.05) is 38.8 Å². The van der Waals surface area contributed by atoms with Crippen molar-refractivity contribution in [1.29, 1.82) is 0 Å². The van der Waals surface area contributed by atoms with Gasteiger partial charge in [0.15, 0.2) is 0 Å². The summed E-state index contributed by atoms with van der Waals surface area (Å²) < 4.78 is 5.12. The number of methoxy groups -OCH3 is 1. The number of hydrogen-bond donors (Lipinski definition) is 1. The van der Waals surface area contributed by atoms with Gasteiger partial charge in [0.25, 0.3) is 0 Å². The molecule has 2 aromatic carbocycles. The molecular weight excluding hydrogens is 338 g/mol. The van der Waals surface area contributed by atoms with E-state index in [4.69, 9.17) is 16.3 Å². The monoisotopic (exact) mass is 359 g/mol. The number of anilines is 1. The maximum Gasteiger partial charge on any atom is 0.321 e. The van der Waals surface area contributed by atoms with Crippen molar-refractivity contribution in [2.75, 3.05) is 38.6 Å². The fourth-order valence-corrected chi connectivity index (χ4v) is 3.09. The predicted molar refractivity (Wildman–Crippen MR) is 100 cm³/mol. The zero-order valence-electron chi connectivity index (χ0n) is 14.2. The minimum Gasteiger partial charge on any atom is -0.497 e. The Morgan fingerprint density at radius 2 is 1.84 bits per heavy atom. The van der Waals surface area contributed by atoms with Gasteiger partial charge in [-0.2, -0.15) is 0 Å². The van der Waals surface area contributed by atoms with Gasteiger partial charge in [-0.25, -0.2) is 4.79 Å². The van der Waals surface area contributed by atoms with Gasteiger partial charge in [0.1, 0.15) is 5.75 Å². The van der Waals surface area contributed by atoms with Crippen molar-refractivity contribution in [3.05, 3.63) is 59.1 Å². The average molecular weight is 360 g/mol. The number of carbonyl (C=O) groups is 1. The molecule has 25 heavy (non-hydrogen) atoms. The van der Waals surface area contributed by atoms with Crippen LogP contribution >= 0.6 is 11.6 Å². The van der Waals surface area contributed by atoms with Gasteiger partial charge in [-0.15, -0.1) is 0 Å². The zero-order valence-corrected chi connectivity index (χ0v) is 15.0. The van der Waals surface area contributed by atoms with E-state index in [-0.39, 0.29) is 6.03 Å². The summed E-state index contributed by atoms with van der Waals surface area (Å²) in [5.74, 6) is 0.664. The van der Waals surface area contributed by atoms with E-state index < -0.39 is 0 Å². The highest BCUT2D eigenvalue weighted by Crippen LogP contribution is 2.27. The van der Waals surface area contributed by atoms with Gasteiger partial charge in [-0.05, 0) is 17.7 Å². The summed E-state index contributed by atoms with van der Waals surface area (Å²) in [6, 6.07) is 15.5. The first-order chi connectivity index (χ1) is 12.2. The van der Waals surface area contributed by atoms with Crippen LogP contribution in [-0.4, -0.2) is 49.1 Å². The lowest BCUT2D eigenvalue weighted by Crippen LogP contribution is -2.49. The number of nitrogens with one attached hydrogen (secondary N) is 1. The summed E-state index contributed by atoms with van der Waals surface area (Å²) in [4.78, 5) is 16.6. The SMILES string of the molecule is COc1ccc(NC(=O)N2CCN(Cc3ccccc3)CC2)c(Cl)c1. The second kappa shape index (κ2) is 8.23. The quantitative estimate of drug-likeness (QED) is 0.905. The molecule has 132 valence electrons. The number of urea groups is 1. The first-order valence-corrected chi connectivity index (χ1v) is 8.69. The molecule has 1 N–H and O–H groups in total. The van der Waals surface area contributed by atoms with E-state index in [1.165, 1.54) is 5.56 Å². The lowest BCUT2D eigenvalue weighted by Gasteiger charge is -2.34. The van der Waals surface area contributed by atoms with E-state index in [1.54, 1.807) is 25.3 Å². The maximum atomic E-state index is 12.4. The van der Waals surface area contributed by atoms with Crippen LogP contribution < -0.4 is 10.1 Å². The first kappa shape index (κ1) is 17.6. The van der Waals surface area contributed by atoms with Crippen LogP contribution in [0.1, 0.15) is 5.56 Å². The highest BCUT2D eigenvalue weighted by atomic mass is 35.5. The van der Waals surface area contributed by atoms with Gasteiger partial charge in [0.2, 0.25) is 0 Å². The molecule has 1 heterocycles. The number of piperazine rings is 1. The number of ether oxygens (including phenoxy) is 1. The van der Waals surface area contributed by atoms with Crippen molar-refractivity contribution >= 4 is 23.3 Å². The molecule has 2 amide bonds. The number of halogens is 1. The molecule has 0 spiro atoms. The number of rotatable bonds is 4. The van der Waals surface area contributed by atoms with Crippen LogP contribution in [-0.2, 0) is 6.54 Å². The molecule has 1 fully saturated rings. The third-order valence-electron chi connectivity index (χ3n) is 4.33. The van der Waals surface area contributed by atoms with Crippen LogP contribution in [0.25, 0.3) is 0 Å². The fourth-order valence-electron chi connectivity index (χ4n) is 2.87. The minimum atomic E-state index is -0.119. The van der Waals surface area contributed by atoms with E-state index >= 15 is 0 Å². The Morgan fingerprint density at radius 1 is 1.12 bits per heavy atom. The van der Waals surface area contributed by atoms with Crippen LogP contribution in [0.15, 0.2) is 48.5 Å². The Hall–Kier alpha value is -2.24. The first-order valence-electron chi connectivity index (χ1n) is 8.31. The van der Waals surface area contributed by atoms with Crippen molar-refractivity contribution in [3.63, 3.8) is 0 Å². The summed E-state index contributed by atoms with van der Waals surface area (Å²) in [6.45, 7) is 4.04. The number of carbonyl (C=O) groups excluding carboxylic acids is 1. The third-order valence-corrected chi connectivity index (χ3v) is 4.64. The van der Waals surface area contributed by atoms with E-state index in [1.807, 2.05) is 11.0 Å². The Labute approximate surface area is 153 Å². The summed E-state index contributed by atoms with van der Waals surface area (Å²) in [5, 5.41) is 3.34. The van der Waals surface area contributed by atoms with Crippen molar-refractivity contribution in [2.45, 2.75) is 6.54 Å². The molecule has 0 radical (unpaired) electrons. The molecule has 0 aromatic heterocycles. The highest BCUT2D eigenvalue weighted by Gasteiger charge is 2.21. The van der Waals surface area contributed by atoms with E-state index in [0.29, 0.717) is 29.5 Å². The average Bonchev–Trinajstić information content (AvgIpc) is 2.64. The van der Waals surface area contributed by atoms with Crippen LogP contribution in [0.3, 0.4) is 0 Å². The Kier molecular flexibility index (Phi) is 5.79. The van der Waals surface area contributed by atoms with Gasteiger partial charge >= 0.3 is 6.03 Å². The number of benzene rings is 2. The van der Waals surface area contributed by atoms with Gasteiger partial charge in [0.05, 0.1) is 17.8 Å². The lowest BCUT2D eigenvalue weighted by molar-refractivity contribution is 0.143. The Bertz CT molecular complexity index is 716. The zero-order chi connectivity index (χ0) is 17.6. The maximum absolute atomic E-state index is 12.4. The van der Waals surface area contributed by atoms with E-state index in [9.17, 15) is 4.79 Å². The second-order valence-corrected chi connectivity index (χ2v) is 6.43. The standard InChI is InChI=1S/C19H22ClN3O2/c1-25-16-7-8-18(17(20)13-16)21-19(24)23-11-9-22(10-12-23)14-15-5-3-2-4-6-15/h2-8,13H,9-12,14H2,1H3,(H,21,24). The second-order valence-electron chi connectivity index (χ2n) is 6.02. The predicted octanol–water partition coefficient (Wildman–Crippen LogP) is 3.70. The molecule has 1 saturated heterocycles. The van der Waals surface area contributed by atoms with Crippen LogP contribution in [0, 0.1) is 0 Å². The molecule has 0 bridgehead atoms. The van der Waals surface area contributed by atoms with Gasteiger partial charge < -0.3 is 15.0 Å².